The number of halogens is 2. The SMILES string of the molecule is CCCCCCN(F)F. The van der Waals surface area contributed by atoms with Gasteiger partial charge in [-0.15, -0.1) is 8.96 Å². The van der Waals surface area contributed by atoms with Crippen molar-refractivity contribution in [1.29, 1.82) is 0 Å². The van der Waals surface area contributed by atoms with Gasteiger partial charge in [0.1, 0.15) is 0 Å². The first-order valence-electron chi connectivity index (χ1n) is 3.36. The zero-order valence-corrected chi connectivity index (χ0v) is 5.74. The van der Waals surface area contributed by atoms with Crippen LogP contribution in [0.5, 0.6) is 0 Å². The Bertz CT molecular complexity index is 57.0. The lowest BCUT2D eigenvalue weighted by Crippen LogP contribution is -2.01. The standard InChI is InChI=1S/C6H13F2N/c1-2-3-4-5-6-9(7)8/h2-6H2,1H3. The van der Waals surface area contributed by atoms with Gasteiger partial charge >= 0.3 is 0 Å². The van der Waals surface area contributed by atoms with Gasteiger partial charge in [-0.3, -0.25) is 0 Å². The Kier molecular flexibility index (Phi) is 5.83. The molecule has 0 aromatic heterocycles. The molecule has 0 bridgehead atoms. The highest BCUT2D eigenvalue weighted by Gasteiger charge is 1.95. The van der Waals surface area contributed by atoms with Crippen molar-refractivity contribution in [2.24, 2.45) is 0 Å². The Hall–Kier alpha value is -0.180. The van der Waals surface area contributed by atoms with Gasteiger partial charge in [0, 0.05) is 5.34 Å². The van der Waals surface area contributed by atoms with Gasteiger partial charge in [-0.05, 0) is 6.42 Å². The summed E-state index contributed by atoms with van der Waals surface area (Å²) in [6.07, 6.45) is 3.69. The molecule has 0 spiro atoms. The number of rotatable bonds is 5. The summed E-state index contributed by atoms with van der Waals surface area (Å²) in [6.45, 7) is 1.97. The third-order valence-corrected chi connectivity index (χ3v) is 1.18. The van der Waals surface area contributed by atoms with Crippen LogP contribution in [0.1, 0.15) is 32.6 Å². The lowest BCUT2D eigenvalue weighted by molar-refractivity contribution is -0.153. The third kappa shape index (κ3) is 7.82. The second-order valence-corrected chi connectivity index (χ2v) is 2.09. The van der Waals surface area contributed by atoms with E-state index >= 15 is 0 Å². The Morgan fingerprint density at radius 1 is 1.11 bits per heavy atom. The summed E-state index contributed by atoms with van der Waals surface area (Å²) in [5, 5.41) is -0.754. The van der Waals surface area contributed by atoms with Crippen molar-refractivity contribution in [3.63, 3.8) is 0 Å². The van der Waals surface area contributed by atoms with Crippen LogP contribution in [0.25, 0.3) is 0 Å². The summed E-state index contributed by atoms with van der Waals surface area (Å²) in [6, 6.07) is 0. The maximum absolute atomic E-state index is 11.3. The number of hydrogen-bond acceptors (Lipinski definition) is 1. The van der Waals surface area contributed by atoms with Crippen LogP contribution in [0.2, 0.25) is 0 Å². The molecule has 56 valence electrons. The molecule has 0 saturated carbocycles. The molecule has 1 nitrogen and oxygen atoms in total. The largest absolute Gasteiger partial charge is 0.102 e. The molecule has 0 fully saturated rings. The van der Waals surface area contributed by atoms with Gasteiger partial charge in [-0.25, -0.2) is 0 Å². The predicted molar refractivity (Wildman–Crippen MR) is 33.1 cm³/mol. The van der Waals surface area contributed by atoms with Crippen LogP contribution in [-0.2, 0) is 0 Å². The molecule has 9 heavy (non-hydrogen) atoms. The van der Waals surface area contributed by atoms with E-state index in [1.165, 1.54) is 0 Å². The van der Waals surface area contributed by atoms with Gasteiger partial charge in [0.2, 0.25) is 0 Å². The molecule has 0 amide bonds. The van der Waals surface area contributed by atoms with E-state index in [9.17, 15) is 8.96 Å². The second kappa shape index (κ2) is 5.95. The first kappa shape index (κ1) is 8.82. The summed E-state index contributed by atoms with van der Waals surface area (Å²) in [5.41, 5.74) is 0. The van der Waals surface area contributed by atoms with E-state index in [4.69, 9.17) is 0 Å². The molecule has 0 rings (SSSR count). The zero-order chi connectivity index (χ0) is 7.11. The summed E-state index contributed by atoms with van der Waals surface area (Å²) in [7, 11) is 0. The Morgan fingerprint density at radius 2 is 1.78 bits per heavy atom. The third-order valence-electron chi connectivity index (χ3n) is 1.18. The molecule has 0 unspecified atom stereocenters. The zero-order valence-electron chi connectivity index (χ0n) is 5.74. The van der Waals surface area contributed by atoms with E-state index in [0.29, 0.717) is 6.42 Å². The molecule has 0 saturated heterocycles. The first-order chi connectivity index (χ1) is 4.27. The van der Waals surface area contributed by atoms with Crippen LogP contribution >= 0.6 is 0 Å². The van der Waals surface area contributed by atoms with E-state index in [1.807, 2.05) is 0 Å². The highest BCUT2D eigenvalue weighted by Crippen LogP contribution is 2.01. The van der Waals surface area contributed by atoms with Crippen molar-refractivity contribution >= 4 is 0 Å². The second-order valence-electron chi connectivity index (χ2n) is 2.09. The van der Waals surface area contributed by atoms with Gasteiger partial charge in [0.05, 0.1) is 6.54 Å². The topological polar surface area (TPSA) is 3.24 Å². The lowest BCUT2D eigenvalue weighted by Gasteiger charge is -1.98. The number of nitrogens with zero attached hydrogens (tertiary/aromatic N) is 1. The minimum atomic E-state index is -0.754. The Balaban J connectivity index is 2.75. The van der Waals surface area contributed by atoms with Crippen molar-refractivity contribution in [2.45, 2.75) is 32.6 Å². The van der Waals surface area contributed by atoms with E-state index in [2.05, 4.69) is 6.92 Å². The molecule has 0 atom stereocenters. The van der Waals surface area contributed by atoms with Crippen LogP contribution < -0.4 is 0 Å². The molecule has 0 aliphatic rings. The molecule has 0 aromatic rings. The number of hydrogen-bond donors (Lipinski definition) is 0. The van der Waals surface area contributed by atoms with Crippen molar-refractivity contribution in [3.8, 4) is 0 Å². The van der Waals surface area contributed by atoms with Gasteiger partial charge in [0.15, 0.2) is 0 Å². The molecular formula is C6H13F2N. The minimum absolute atomic E-state index is 0.0833. The Labute approximate surface area is 54.5 Å². The fourth-order valence-corrected chi connectivity index (χ4v) is 0.658. The van der Waals surface area contributed by atoms with E-state index in [0.717, 1.165) is 19.3 Å². The molecule has 0 heterocycles. The van der Waals surface area contributed by atoms with Crippen molar-refractivity contribution in [1.82, 2.24) is 5.34 Å². The highest BCUT2D eigenvalue weighted by atomic mass is 19.4. The Morgan fingerprint density at radius 3 is 2.22 bits per heavy atom. The first-order valence-corrected chi connectivity index (χ1v) is 3.36. The average Bonchev–Trinajstić information content (AvgIpc) is 1.80. The fourth-order valence-electron chi connectivity index (χ4n) is 0.658. The van der Waals surface area contributed by atoms with Crippen LogP contribution in [-0.4, -0.2) is 11.9 Å². The van der Waals surface area contributed by atoms with Crippen molar-refractivity contribution < 1.29 is 8.96 Å². The summed E-state index contributed by atoms with van der Waals surface area (Å²) < 4.78 is 22.6. The van der Waals surface area contributed by atoms with Gasteiger partial charge < -0.3 is 0 Å². The van der Waals surface area contributed by atoms with E-state index < -0.39 is 5.34 Å². The fraction of sp³-hybridized carbons (Fsp3) is 1.00. The van der Waals surface area contributed by atoms with Gasteiger partial charge in [-0.1, -0.05) is 26.2 Å². The summed E-state index contributed by atoms with van der Waals surface area (Å²) in [4.78, 5) is 0. The van der Waals surface area contributed by atoms with E-state index in [1.54, 1.807) is 0 Å². The molecule has 0 radical (unpaired) electrons. The molecule has 0 N–H and O–H groups in total. The monoisotopic (exact) mass is 137 g/mol. The molecule has 0 aromatic carbocycles. The molecule has 0 aliphatic carbocycles. The van der Waals surface area contributed by atoms with Gasteiger partial charge in [0.25, 0.3) is 0 Å². The quantitative estimate of drug-likeness (QED) is 0.416. The summed E-state index contributed by atoms with van der Waals surface area (Å²) in [5.74, 6) is 0. The predicted octanol–water partition coefficient (Wildman–Crippen LogP) is 2.64. The maximum atomic E-state index is 11.3. The molecule has 3 heteroatoms. The van der Waals surface area contributed by atoms with Gasteiger partial charge in [-0.2, -0.15) is 0 Å². The summed E-state index contributed by atoms with van der Waals surface area (Å²) >= 11 is 0. The van der Waals surface area contributed by atoms with Crippen LogP contribution in [0.15, 0.2) is 0 Å². The maximum Gasteiger partial charge on any atom is 0.0620 e. The van der Waals surface area contributed by atoms with Crippen molar-refractivity contribution in [3.05, 3.63) is 0 Å². The highest BCUT2D eigenvalue weighted by molar-refractivity contribution is 4.39. The van der Waals surface area contributed by atoms with Crippen LogP contribution in [0.4, 0.5) is 8.96 Å². The average molecular weight is 137 g/mol. The van der Waals surface area contributed by atoms with Crippen molar-refractivity contribution in [2.75, 3.05) is 6.54 Å². The molecule has 0 aliphatic heterocycles. The minimum Gasteiger partial charge on any atom is -0.102 e. The number of unbranched alkanes of at least 4 members (excludes halogenated alkanes) is 3. The lowest BCUT2D eigenvalue weighted by atomic mass is 10.2. The van der Waals surface area contributed by atoms with E-state index in [-0.39, 0.29) is 6.54 Å². The van der Waals surface area contributed by atoms with Crippen LogP contribution in [0.3, 0.4) is 0 Å². The molecular weight excluding hydrogens is 124 g/mol. The van der Waals surface area contributed by atoms with Crippen LogP contribution in [0, 0.1) is 0 Å². The smallest absolute Gasteiger partial charge is 0.0620 e. The normalized spacial score (nSPS) is 10.7.